The van der Waals surface area contributed by atoms with Gasteiger partial charge < -0.3 is 9.80 Å². The first-order valence-electron chi connectivity index (χ1n) is 6.20. The van der Waals surface area contributed by atoms with Crippen molar-refractivity contribution < 1.29 is 0 Å². The van der Waals surface area contributed by atoms with E-state index in [2.05, 4.69) is 57.9 Å². The van der Waals surface area contributed by atoms with Crippen molar-refractivity contribution in [2.24, 2.45) is 0 Å². The smallest absolute Gasteiger partial charge is 0.101 e. The number of hydrogen-bond acceptors (Lipinski definition) is 3. The standard InChI is InChI=1S/C14H18BrN3/c1-11-10-18(6-5-17(11)2)14-4-3-12(8-15)7-13(14)9-16/h3-4,7,11H,5-6,8,10H2,1-2H3. The van der Waals surface area contributed by atoms with Crippen molar-refractivity contribution in [3.63, 3.8) is 0 Å². The molecule has 3 nitrogen and oxygen atoms in total. The number of piperazine rings is 1. The molecule has 0 spiro atoms. The Hall–Kier alpha value is -1.05. The molecule has 0 bridgehead atoms. The van der Waals surface area contributed by atoms with Crippen LogP contribution in [0.15, 0.2) is 18.2 Å². The molecule has 0 aliphatic carbocycles. The topological polar surface area (TPSA) is 30.3 Å². The fourth-order valence-electron chi connectivity index (χ4n) is 2.30. The first kappa shape index (κ1) is 13.4. The molecule has 1 heterocycles. The van der Waals surface area contributed by atoms with Crippen LogP contribution in [0.2, 0.25) is 0 Å². The maximum Gasteiger partial charge on any atom is 0.101 e. The van der Waals surface area contributed by atoms with Crippen LogP contribution >= 0.6 is 15.9 Å². The van der Waals surface area contributed by atoms with Gasteiger partial charge >= 0.3 is 0 Å². The molecule has 4 heteroatoms. The minimum atomic E-state index is 0.529. The fourth-order valence-corrected chi connectivity index (χ4v) is 2.65. The molecular weight excluding hydrogens is 290 g/mol. The van der Waals surface area contributed by atoms with Crippen molar-refractivity contribution in [1.82, 2.24) is 4.90 Å². The predicted molar refractivity (Wildman–Crippen MR) is 78.1 cm³/mol. The highest BCUT2D eigenvalue weighted by Gasteiger charge is 2.22. The lowest BCUT2D eigenvalue weighted by molar-refractivity contribution is 0.234. The molecule has 1 aliphatic heterocycles. The van der Waals surface area contributed by atoms with Crippen LogP contribution in [0.5, 0.6) is 0 Å². The van der Waals surface area contributed by atoms with E-state index in [0.717, 1.165) is 41.8 Å². The number of halogens is 1. The van der Waals surface area contributed by atoms with Gasteiger partial charge in [-0.15, -0.1) is 0 Å². The average molecular weight is 308 g/mol. The van der Waals surface area contributed by atoms with Crippen molar-refractivity contribution in [2.45, 2.75) is 18.3 Å². The Balaban J connectivity index is 2.26. The monoisotopic (exact) mass is 307 g/mol. The maximum absolute atomic E-state index is 9.28. The number of nitriles is 1. The summed E-state index contributed by atoms with van der Waals surface area (Å²) in [5.41, 5.74) is 3.00. The summed E-state index contributed by atoms with van der Waals surface area (Å²) < 4.78 is 0. The number of hydrogen-bond donors (Lipinski definition) is 0. The van der Waals surface area contributed by atoms with E-state index in [-0.39, 0.29) is 0 Å². The van der Waals surface area contributed by atoms with E-state index < -0.39 is 0 Å². The van der Waals surface area contributed by atoms with Gasteiger partial charge in [-0.05, 0) is 31.7 Å². The van der Waals surface area contributed by atoms with E-state index in [0.29, 0.717) is 6.04 Å². The zero-order chi connectivity index (χ0) is 13.1. The van der Waals surface area contributed by atoms with Crippen molar-refractivity contribution >= 4 is 21.6 Å². The van der Waals surface area contributed by atoms with Crippen molar-refractivity contribution in [2.75, 3.05) is 31.6 Å². The zero-order valence-corrected chi connectivity index (χ0v) is 12.4. The number of benzene rings is 1. The highest BCUT2D eigenvalue weighted by Crippen LogP contribution is 2.24. The third-order valence-electron chi connectivity index (χ3n) is 3.64. The molecule has 1 aromatic rings. The van der Waals surface area contributed by atoms with Gasteiger partial charge in [-0.3, -0.25) is 0 Å². The van der Waals surface area contributed by atoms with Gasteiger partial charge in [0.25, 0.3) is 0 Å². The largest absolute Gasteiger partial charge is 0.368 e. The van der Waals surface area contributed by atoms with Crippen molar-refractivity contribution in [3.05, 3.63) is 29.3 Å². The summed E-state index contributed by atoms with van der Waals surface area (Å²) in [6, 6.07) is 8.99. The molecule has 1 aromatic carbocycles. The highest BCUT2D eigenvalue weighted by atomic mass is 79.9. The highest BCUT2D eigenvalue weighted by molar-refractivity contribution is 9.08. The van der Waals surface area contributed by atoms with Gasteiger partial charge in [0.05, 0.1) is 11.3 Å². The van der Waals surface area contributed by atoms with Gasteiger partial charge in [0.2, 0.25) is 0 Å². The third-order valence-corrected chi connectivity index (χ3v) is 4.28. The van der Waals surface area contributed by atoms with E-state index in [1.165, 1.54) is 0 Å². The second kappa shape index (κ2) is 5.73. The second-order valence-electron chi connectivity index (χ2n) is 4.87. The van der Waals surface area contributed by atoms with E-state index in [9.17, 15) is 5.26 Å². The second-order valence-corrected chi connectivity index (χ2v) is 5.43. The molecular formula is C14H18BrN3. The Kier molecular flexibility index (Phi) is 4.26. The molecule has 0 amide bonds. The Labute approximate surface area is 117 Å². The molecule has 0 aromatic heterocycles. The minimum absolute atomic E-state index is 0.529. The van der Waals surface area contributed by atoms with Gasteiger partial charge in [-0.25, -0.2) is 0 Å². The van der Waals surface area contributed by atoms with Crippen LogP contribution in [-0.2, 0) is 5.33 Å². The summed E-state index contributed by atoms with van der Waals surface area (Å²) in [6.07, 6.45) is 0. The Morgan fingerprint density at radius 2 is 2.22 bits per heavy atom. The molecule has 1 fully saturated rings. The van der Waals surface area contributed by atoms with Crippen LogP contribution in [0.1, 0.15) is 18.1 Å². The lowest BCUT2D eigenvalue weighted by Crippen LogP contribution is -2.50. The predicted octanol–water partition coefficient (Wildman–Crippen LogP) is 2.59. The summed E-state index contributed by atoms with van der Waals surface area (Å²) in [7, 11) is 2.15. The number of likely N-dealkylation sites (N-methyl/N-ethyl adjacent to an activating group) is 1. The normalized spacial score (nSPS) is 20.8. The van der Waals surface area contributed by atoms with Crippen molar-refractivity contribution in [1.29, 1.82) is 5.26 Å². The number of nitrogens with zero attached hydrogens (tertiary/aromatic N) is 3. The molecule has 18 heavy (non-hydrogen) atoms. The lowest BCUT2D eigenvalue weighted by Gasteiger charge is -2.39. The Bertz CT molecular complexity index is 467. The van der Waals surface area contributed by atoms with Gasteiger partial charge in [-0.2, -0.15) is 5.26 Å². The molecule has 1 saturated heterocycles. The quantitative estimate of drug-likeness (QED) is 0.787. The number of rotatable bonds is 2. The molecule has 2 rings (SSSR count). The van der Waals surface area contributed by atoms with E-state index in [1.807, 2.05) is 6.07 Å². The molecule has 1 unspecified atom stereocenters. The van der Waals surface area contributed by atoms with Gasteiger partial charge in [0.1, 0.15) is 6.07 Å². The number of anilines is 1. The molecule has 0 radical (unpaired) electrons. The van der Waals surface area contributed by atoms with Crippen LogP contribution < -0.4 is 4.90 Å². The summed E-state index contributed by atoms with van der Waals surface area (Å²) in [6.45, 7) is 5.25. The first-order valence-corrected chi connectivity index (χ1v) is 7.32. The molecule has 1 aliphatic rings. The van der Waals surface area contributed by atoms with Crippen LogP contribution in [0.4, 0.5) is 5.69 Å². The minimum Gasteiger partial charge on any atom is -0.368 e. The van der Waals surface area contributed by atoms with Crippen LogP contribution in [0, 0.1) is 11.3 Å². The lowest BCUT2D eigenvalue weighted by atomic mass is 10.1. The molecule has 0 N–H and O–H groups in total. The summed E-state index contributed by atoms with van der Waals surface area (Å²) in [4.78, 5) is 4.68. The van der Waals surface area contributed by atoms with Gasteiger partial charge in [0, 0.05) is 31.0 Å². The van der Waals surface area contributed by atoms with Crippen LogP contribution in [-0.4, -0.2) is 37.6 Å². The van der Waals surface area contributed by atoms with E-state index in [4.69, 9.17) is 0 Å². The first-order chi connectivity index (χ1) is 8.65. The van der Waals surface area contributed by atoms with Crippen LogP contribution in [0.3, 0.4) is 0 Å². The van der Waals surface area contributed by atoms with Gasteiger partial charge in [0.15, 0.2) is 0 Å². The SMILES string of the molecule is CC1CN(c2ccc(CBr)cc2C#N)CCN1C. The zero-order valence-electron chi connectivity index (χ0n) is 10.9. The van der Waals surface area contributed by atoms with Gasteiger partial charge in [-0.1, -0.05) is 22.0 Å². The Morgan fingerprint density at radius 3 is 2.83 bits per heavy atom. The average Bonchev–Trinajstić information content (AvgIpc) is 2.41. The maximum atomic E-state index is 9.28. The summed E-state index contributed by atoms with van der Waals surface area (Å²) in [5.74, 6) is 0. The van der Waals surface area contributed by atoms with E-state index in [1.54, 1.807) is 0 Å². The van der Waals surface area contributed by atoms with Crippen molar-refractivity contribution in [3.8, 4) is 6.07 Å². The van der Waals surface area contributed by atoms with E-state index >= 15 is 0 Å². The third kappa shape index (κ3) is 2.68. The fraction of sp³-hybridized carbons (Fsp3) is 0.500. The molecule has 1 atom stereocenters. The molecule has 0 saturated carbocycles. The summed E-state index contributed by atoms with van der Waals surface area (Å²) >= 11 is 3.43. The Morgan fingerprint density at radius 1 is 1.44 bits per heavy atom. The number of alkyl halides is 1. The van der Waals surface area contributed by atoms with Crippen LogP contribution in [0.25, 0.3) is 0 Å². The molecule has 96 valence electrons. The summed E-state index contributed by atoms with van der Waals surface area (Å²) in [5, 5.41) is 10.1.